The summed E-state index contributed by atoms with van der Waals surface area (Å²) < 4.78 is 5.66. The summed E-state index contributed by atoms with van der Waals surface area (Å²) in [6, 6.07) is 5.70. The van der Waals surface area contributed by atoms with E-state index in [0.29, 0.717) is 0 Å². The Labute approximate surface area is 81.2 Å². The monoisotopic (exact) mass is 182 g/mol. The molecule has 0 saturated carbocycles. The molecule has 0 aromatic carbocycles. The van der Waals surface area contributed by atoms with Gasteiger partial charge in [-0.15, -0.1) is 0 Å². The molecular weight excluding hydrogens is 175 g/mol. The van der Waals surface area contributed by atoms with Gasteiger partial charge in [-0.2, -0.15) is 0 Å². The molecule has 0 aliphatic carbocycles. The molecule has 0 N–H and O–H groups in total. The topological polar surface area (TPSA) is 38.9 Å². The molecule has 66 valence electrons. The normalized spacial score (nSPS) is 11.1. The molecule has 0 unspecified atom stereocenters. The van der Waals surface area contributed by atoms with Crippen LogP contribution in [0, 0.1) is 0 Å². The van der Waals surface area contributed by atoms with Gasteiger partial charge in [0, 0.05) is 12.4 Å². The second kappa shape index (κ2) is 2.58. The Morgan fingerprint density at radius 3 is 2.86 bits per heavy atom. The fourth-order valence-electron chi connectivity index (χ4n) is 1.60. The number of nitrogens with zero attached hydrogens (tertiary/aromatic N) is 2. The van der Waals surface area contributed by atoms with Crippen molar-refractivity contribution in [3.05, 3.63) is 30.6 Å². The van der Waals surface area contributed by atoms with Gasteiger partial charge in [0.1, 0.15) is 24.5 Å². The largest absolute Gasteiger partial charge is 0.453 e. The van der Waals surface area contributed by atoms with E-state index in [1.807, 2.05) is 26.0 Å². The maximum atomic E-state index is 5.66. The van der Waals surface area contributed by atoms with E-state index < -0.39 is 0 Å². The van der Waals surface area contributed by atoms with E-state index in [2.05, 4.69) is 9.97 Å². The van der Waals surface area contributed by atoms with Crippen LogP contribution in [0.2, 0.25) is 0 Å². The first kappa shape index (κ1) is 7.56. The van der Waals surface area contributed by atoms with Crippen LogP contribution in [0.1, 0.15) is 0 Å². The summed E-state index contributed by atoms with van der Waals surface area (Å²) in [4.78, 5) is 8.53. The number of aromatic nitrogens is 2. The molecule has 0 aliphatic heterocycles. The van der Waals surface area contributed by atoms with Crippen molar-refractivity contribution in [2.45, 2.75) is 0 Å². The molecule has 3 heterocycles. The van der Waals surface area contributed by atoms with E-state index >= 15 is 0 Å². The van der Waals surface area contributed by atoms with Crippen LogP contribution in [0.4, 0.5) is 0 Å². The summed E-state index contributed by atoms with van der Waals surface area (Å²) in [6.45, 7) is 0. The summed E-state index contributed by atoms with van der Waals surface area (Å²) in [5.41, 5.74) is 4.41. The van der Waals surface area contributed by atoms with E-state index in [4.69, 9.17) is 4.42 Å². The van der Waals surface area contributed by atoms with Gasteiger partial charge < -0.3 is 4.42 Å². The van der Waals surface area contributed by atoms with Crippen molar-refractivity contribution in [1.82, 2.24) is 9.97 Å². The zero-order chi connectivity index (χ0) is 9.54. The van der Waals surface area contributed by atoms with Gasteiger partial charge in [-0.3, -0.25) is 9.97 Å². The fourth-order valence-corrected chi connectivity index (χ4v) is 1.60. The predicted molar refractivity (Wildman–Crippen MR) is 57.5 cm³/mol. The van der Waals surface area contributed by atoms with Crippen LogP contribution in [0.3, 0.4) is 0 Å². The van der Waals surface area contributed by atoms with Crippen LogP contribution in [0.5, 0.6) is 0 Å². The van der Waals surface area contributed by atoms with Gasteiger partial charge >= 0.3 is 0 Å². The molecule has 0 saturated heterocycles. The van der Waals surface area contributed by atoms with Crippen molar-refractivity contribution in [2.24, 2.45) is 0 Å². The van der Waals surface area contributed by atoms with Gasteiger partial charge in [-0.05, 0) is 23.7 Å². The van der Waals surface area contributed by atoms with Crippen LogP contribution in [-0.4, -0.2) is 17.8 Å². The minimum absolute atomic E-state index is 0.796. The standard InChI is InChI=1S/C10H7BN2O/c11-6-3-5-13-9-8-7(14-10(6)9)2-1-4-12-8/h1-5H,11H2. The first-order valence-electron chi connectivity index (χ1n) is 4.45. The van der Waals surface area contributed by atoms with Crippen molar-refractivity contribution in [1.29, 1.82) is 0 Å². The lowest BCUT2D eigenvalue weighted by Gasteiger charge is -1.90. The Hall–Kier alpha value is -1.84. The molecule has 14 heavy (non-hydrogen) atoms. The van der Waals surface area contributed by atoms with E-state index in [9.17, 15) is 0 Å². The molecule has 0 fully saturated rings. The van der Waals surface area contributed by atoms with Crippen molar-refractivity contribution in [3.8, 4) is 0 Å². The third-order valence-electron chi connectivity index (χ3n) is 2.31. The second-order valence-corrected chi connectivity index (χ2v) is 3.26. The average molecular weight is 182 g/mol. The zero-order valence-electron chi connectivity index (χ0n) is 7.69. The molecule has 0 spiro atoms. The number of fused-ring (bicyclic) bond motifs is 3. The highest BCUT2D eigenvalue weighted by Gasteiger charge is 2.09. The van der Waals surface area contributed by atoms with Crippen LogP contribution < -0.4 is 5.46 Å². The van der Waals surface area contributed by atoms with Crippen molar-refractivity contribution in [2.75, 3.05) is 0 Å². The fraction of sp³-hybridized carbons (Fsp3) is 0. The maximum Gasteiger partial charge on any atom is 0.155 e. The second-order valence-electron chi connectivity index (χ2n) is 3.26. The summed E-state index contributed by atoms with van der Waals surface area (Å²) >= 11 is 0. The average Bonchev–Trinajstić information content (AvgIpc) is 2.59. The van der Waals surface area contributed by atoms with Crippen molar-refractivity contribution < 1.29 is 4.42 Å². The van der Waals surface area contributed by atoms with Crippen LogP contribution in [0.25, 0.3) is 22.2 Å². The number of furan rings is 1. The highest BCUT2D eigenvalue weighted by atomic mass is 16.3. The number of rotatable bonds is 0. The highest BCUT2D eigenvalue weighted by molar-refractivity contribution is 6.38. The summed E-state index contributed by atoms with van der Waals surface area (Å²) in [7, 11) is 2.01. The van der Waals surface area contributed by atoms with Gasteiger partial charge in [0.25, 0.3) is 0 Å². The molecule has 0 amide bonds. The van der Waals surface area contributed by atoms with Crippen molar-refractivity contribution in [3.63, 3.8) is 0 Å². The highest BCUT2D eigenvalue weighted by Crippen LogP contribution is 2.22. The maximum absolute atomic E-state index is 5.66. The van der Waals surface area contributed by atoms with Crippen LogP contribution in [-0.2, 0) is 0 Å². The Balaban J connectivity index is 2.63. The Morgan fingerprint density at radius 2 is 1.93 bits per heavy atom. The zero-order valence-corrected chi connectivity index (χ0v) is 7.69. The lowest BCUT2D eigenvalue weighted by molar-refractivity contribution is 0.670. The SMILES string of the molecule is Bc1ccnc2c1oc1cccnc12. The minimum Gasteiger partial charge on any atom is -0.453 e. The molecule has 0 aliphatic rings. The first-order valence-corrected chi connectivity index (χ1v) is 4.45. The van der Waals surface area contributed by atoms with Gasteiger partial charge in [-0.25, -0.2) is 0 Å². The molecule has 3 nitrogen and oxygen atoms in total. The predicted octanol–water partition coefficient (Wildman–Crippen LogP) is 0.634. The molecule has 0 bridgehead atoms. The summed E-state index contributed by atoms with van der Waals surface area (Å²) in [5.74, 6) is 0. The smallest absolute Gasteiger partial charge is 0.155 e. The van der Waals surface area contributed by atoms with Crippen LogP contribution >= 0.6 is 0 Å². The van der Waals surface area contributed by atoms with E-state index in [0.717, 1.165) is 27.7 Å². The number of hydrogen-bond acceptors (Lipinski definition) is 3. The molecule has 3 rings (SSSR count). The minimum atomic E-state index is 0.796. The van der Waals surface area contributed by atoms with Crippen LogP contribution in [0.15, 0.2) is 35.0 Å². The Morgan fingerprint density at radius 1 is 1.07 bits per heavy atom. The first-order chi connectivity index (χ1) is 6.86. The summed E-state index contributed by atoms with van der Waals surface area (Å²) in [6.07, 6.45) is 3.53. The van der Waals surface area contributed by atoms with E-state index in [1.165, 1.54) is 0 Å². The van der Waals surface area contributed by atoms with Crippen molar-refractivity contribution >= 4 is 35.5 Å². The van der Waals surface area contributed by atoms with E-state index in [-0.39, 0.29) is 0 Å². The third kappa shape index (κ3) is 0.879. The molecule has 0 radical (unpaired) electrons. The van der Waals surface area contributed by atoms with Gasteiger partial charge in [0.2, 0.25) is 0 Å². The molecule has 3 aromatic heterocycles. The molecule has 0 atom stereocenters. The lowest BCUT2D eigenvalue weighted by atomic mass is 9.97. The molecule has 4 heteroatoms. The molecule has 3 aromatic rings. The van der Waals surface area contributed by atoms with Gasteiger partial charge in [-0.1, -0.05) is 0 Å². The van der Waals surface area contributed by atoms with Gasteiger partial charge in [0.15, 0.2) is 5.58 Å². The Kier molecular flexibility index (Phi) is 1.39. The van der Waals surface area contributed by atoms with E-state index in [1.54, 1.807) is 12.4 Å². The Bertz CT molecular complexity index is 618. The van der Waals surface area contributed by atoms with Gasteiger partial charge in [0.05, 0.1) is 0 Å². The summed E-state index contributed by atoms with van der Waals surface area (Å²) in [5, 5.41) is 0. The number of pyridine rings is 2. The lowest BCUT2D eigenvalue weighted by Crippen LogP contribution is -2.01. The third-order valence-corrected chi connectivity index (χ3v) is 2.31. The quantitative estimate of drug-likeness (QED) is 0.478. The number of hydrogen-bond donors (Lipinski definition) is 0. The molecular formula is C10H7BN2O.